The number of carbonyl (C=O) groups excluding carboxylic acids is 1. The summed E-state index contributed by atoms with van der Waals surface area (Å²) in [7, 11) is 0. The van der Waals surface area contributed by atoms with Gasteiger partial charge < -0.3 is 5.73 Å². The lowest BCUT2D eigenvalue weighted by Crippen LogP contribution is -2.02. The molecule has 0 aliphatic heterocycles. The first-order valence-electron chi connectivity index (χ1n) is 5.04. The molecular formula is C13H8BrCl2NO. The summed E-state index contributed by atoms with van der Waals surface area (Å²) in [6.07, 6.45) is 0. The third-order valence-electron chi connectivity index (χ3n) is 2.44. The van der Waals surface area contributed by atoms with Crippen LogP contribution in [0, 0.1) is 0 Å². The molecule has 0 unspecified atom stereocenters. The van der Waals surface area contributed by atoms with Gasteiger partial charge in [-0.1, -0.05) is 23.2 Å². The zero-order valence-electron chi connectivity index (χ0n) is 9.08. The van der Waals surface area contributed by atoms with Crippen LogP contribution in [0.5, 0.6) is 0 Å². The van der Waals surface area contributed by atoms with Gasteiger partial charge in [0.15, 0.2) is 5.78 Å². The van der Waals surface area contributed by atoms with Crippen molar-refractivity contribution >= 4 is 50.6 Å². The van der Waals surface area contributed by atoms with E-state index in [4.69, 9.17) is 28.9 Å². The maximum atomic E-state index is 12.3. The number of hydrogen-bond donors (Lipinski definition) is 1. The van der Waals surface area contributed by atoms with Crippen LogP contribution in [0.2, 0.25) is 10.0 Å². The highest BCUT2D eigenvalue weighted by atomic mass is 79.9. The number of hydrogen-bond acceptors (Lipinski definition) is 2. The molecule has 0 aliphatic carbocycles. The molecule has 0 heterocycles. The maximum Gasteiger partial charge on any atom is 0.194 e. The predicted octanol–water partition coefficient (Wildman–Crippen LogP) is 4.57. The number of rotatable bonds is 2. The molecule has 2 aromatic carbocycles. The number of ketones is 1. The molecule has 0 aliphatic rings. The molecule has 0 saturated heterocycles. The highest BCUT2D eigenvalue weighted by Crippen LogP contribution is 2.26. The Balaban J connectivity index is 2.44. The zero-order valence-corrected chi connectivity index (χ0v) is 12.2. The Morgan fingerprint density at radius 1 is 1.11 bits per heavy atom. The van der Waals surface area contributed by atoms with Gasteiger partial charge in [0.25, 0.3) is 0 Å². The number of anilines is 1. The van der Waals surface area contributed by atoms with Crippen molar-refractivity contribution < 1.29 is 4.79 Å². The Bertz CT molecular complexity index is 628. The van der Waals surface area contributed by atoms with E-state index in [1.165, 1.54) is 0 Å². The smallest absolute Gasteiger partial charge is 0.194 e. The predicted molar refractivity (Wildman–Crippen MR) is 78.4 cm³/mol. The van der Waals surface area contributed by atoms with Crippen LogP contribution in [0.3, 0.4) is 0 Å². The van der Waals surface area contributed by atoms with Crippen molar-refractivity contribution in [3.63, 3.8) is 0 Å². The third-order valence-corrected chi connectivity index (χ3v) is 3.67. The van der Waals surface area contributed by atoms with E-state index in [0.717, 1.165) is 0 Å². The minimum Gasteiger partial charge on any atom is -0.398 e. The number of halogens is 3. The van der Waals surface area contributed by atoms with Crippen LogP contribution in [0.25, 0.3) is 0 Å². The summed E-state index contributed by atoms with van der Waals surface area (Å²) in [5.74, 6) is -0.169. The van der Waals surface area contributed by atoms with Crippen LogP contribution in [-0.4, -0.2) is 5.78 Å². The van der Waals surface area contributed by atoms with E-state index in [2.05, 4.69) is 15.9 Å². The fraction of sp³-hybridized carbons (Fsp3) is 0. The molecule has 0 amide bonds. The molecule has 18 heavy (non-hydrogen) atoms. The summed E-state index contributed by atoms with van der Waals surface area (Å²) in [4.78, 5) is 12.3. The summed E-state index contributed by atoms with van der Waals surface area (Å²) in [6, 6.07) is 9.78. The first-order chi connectivity index (χ1) is 8.49. The minimum absolute atomic E-state index is 0.169. The Hall–Kier alpha value is -1.03. The molecule has 0 fully saturated rings. The van der Waals surface area contributed by atoms with Gasteiger partial charge >= 0.3 is 0 Å². The normalized spacial score (nSPS) is 10.4. The molecular weight excluding hydrogens is 337 g/mol. The summed E-state index contributed by atoms with van der Waals surface area (Å²) in [5.41, 5.74) is 7.18. The summed E-state index contributed by atoms with van der Waals surface area (Å²) >= 11 is 15.1. The summed E-state index contributed by atoms with van der Waals surface area (Å²) in [6.45, 7) is 0. The molecule has 0 atom stereocenters. The largest absolute Gasteiger partial charge is 0.398 e. The van der Waals surface area contributed by atoms with Crippen molar-refractivity contribution in [3.05, 3.63) is 62.0 Å². The number of benzene rings is 2. The van der Waals surface area contributed by atoms with Crippen LogP contribution in [0.4, 0.5) is 5.69 Å². The van der Waals surface area contributed by atoms with Crippen LogP contribution < -0.4 is 5.73 Å². The standard InChI is InChI=1S/C13H8BrCl2NO/c14-10-5-7(1-4-12(10)17)13(18)9-3-2-8(15)6-11(9)16/h1-6H,17H2. The second kappa shape index (κ2) is 5.31. The van der Waals surface area contributed by atoms with Gasteiger partial charge in [-0.3, -0.25) is 4.79 Å². The first-order valence-corrected chi connectivity index (χ1v) is 6.58. The molecule has 2 rings (SSSR count). The van der Waals surface area contributed by atoms with E-state index < -0.39 is 0 Å². The van der Waals surface area contributed by atoms with Crippen LogP contribution in [0.1, 0.15) is 15.9 Å². The molecule has 0 spiro atoms. The van der Waals surface area contributed by atoms with Crippen molar-refractivity contribution in [2.45, 2.75) is 0 Å². The first kappa shape index (κ1) is 13.4. The number of nitrogen functional groups attached to an aromatic ring is 1. The second-order valence-electron chi connectivity index (χ2n) is 3.69. The molecule has 2 nitrogen and oxygen atoms in total. The summed E-state index contributed by atoms with van der Waals surface area (Å²) in [5, 5.41) is 0.829. The molecule has 2 N–H and O–H groups in total. The Kier molecular flexibility index (Phi) is 3.95. The van der Waals surface area contributed by atoms with E-state index in [1.54, 1.807) is 36.4 Å². The van der Waals surface area contributed by atoms with Crippen molar-refractivity contribution in [1.29, 1.82) is 0 Å². The lowest BCUT2D eigenvalue weighted by molar-refractivity contribution is 0.103. The number of carbonyl (C=O) groups is 1. The van der Waals surface area contributed by atoms with Gasteiger partial charge in [0, 0.05) is 26.3 Å². The SMILES string of the molecule is Nc1ccc(C(=O)c2ccc(Cl)cc2Cl)cc1Br. The second-order valence-corrected chi connectivity index (χ2v) is 5.39. The van der Waals surface area contributed by atoms with Gasteiger partial charge in [-0.25, -0.2) is 0 Å². The molecule has 0 radical (unpaired) electrons. The molecule has 2 aromatic rings. The van der Waals surface area contributed by atoms with E-state index in [0.29, 0.717) is 31.3 Å². The topological polar surface area (TPSA) is 43.1 Å². The third kappa shape index (κ3) is 2.69. The zero-order chi connectivity index (χ0) is 13.3. The van der Waals surface area contributed by atoms with Gasteiger partial charge in [0.1, 0.15) is 0 Å². The Labute approximate surface area is 123 Å². The van der Waals surface area contributed by atoms with Crippen LogP contribution >= 0.6 is 39.1 Å². The molecule has 92 valence electrons. The quantitative estimate of drug-likeness (QED) is 0.640. The Morgan fingerprint density at radius 3 is 2.44 bits per heavy atom. The fourth-order valence-corrected chi connectivity index (χ4v) is 2.37. The van der Waals surface area contributed by atoms with E-state index in [9.17, 15) is 4.79 Å². The van der Waals surface area contributed by atoms with Gasteiger partial charge in [-0.05, 0) is 52.3 Å². The fourth-order valence-electron chi connectivity index (χ4n) is 1.50. The van der Waals surface area contributed by atoms with Crippen molar-refractivity contribution in [2.24, 2.45) is 0 Å². The summed E-state index contributed by atoms with van der Waals surface area (Å²) < 4.78 is 0.679. The van der Waals surface area contributed by atoms with Crippen LogP contribution in [0.15, 0.2) is 40.9 Å². The molecule has 0 aromatic heterocycles. The van der Waals surface area contributed by atoms with Gasteiger partial charge in [0.2, 0.25) is 0 Å². The van der Waals surface area contributed by atoms with Gasteiger partial charge in [-0.2, -0.15) is 0 Å². The van der Waals surface area contributed by atoms with Gasteiger partial charge in [-0.15, -0.1) is 0 Å². The minimum atomic E-state index is -0.169. The highest BCUT2D eigenvalue weighted by Gasteiger charge is 2.14. The van der Waals surface area contributed by atoms with Crippen molar-refractivity contribution in [2.75, 3.05) is 5.73 Å². The number of nitrogens with two attached hydrogens (primary N) is 1. The van der Waals surface area contributed by atoms with Crippen molar-refractivity contribution in [1.82, 2.24) is 0 Å². The monoisotopic (exact) mass is 343 g/mol. The average molecular weight is 345 g/mol. The lowest BCUT2D eigenvalue weighted by Gasteiger charge is -2.06. The van der Waals surface area contributed by atoms with Crippen LogP contribution in [-0.2, 0) is 0 Å². The molecule has 0 bridgehead atoms. The molecule has 0 saturated carbocycles. The van der Waals surface area contributed by atoms with E-state index in [1.807, 2.05) is 0 Å². The maximum absolute atomic E-state index is 12.3. The highest BCUT2D eigenvalue weighted by molar-refractivity contribution is 9.10. The van der Waals surface area contributed by atoms with E-state index in [-0.39, 0.29) is 5.78 Å². The molecule has 5 heteroatoms. The van der Waals surface area contributed by atoms with Crippen molar-refractivity contribution in [3.8, 4) is 0 Å². The van der Waals surface area contributed by atoms with E-state index >= 15 is 0 Å². The van der Waals surface area contributed by atoms with Gasteiger partial charge in [0.05, 0.1) is 5.02 Å². The average Bonchev–Trinajstić information content (AvgIpc) is 2.32. The lowest BCUT2D eigenvalue weighted by atomic mass is 10.0. The Morgan fingerprint density at radius 2 is 1.83 bits per heavy atom.